The lowest BCUT2D eigenvalue weighted by Crippen LogP contribution is -2.20. The summed E-state index contributed by atoms with van der Waals surface area (Å²) in [7, 11) is 0. The van der Waals surface area contributed by atoms with Gasteiger partial charge in [0.1, 0.15) is 6.04 Å². The predicted octanol–water partition coefficient (Wildman–Crippen LogP) is 5.54. The molecular weight excluding hydrogens is 372 g/mol. The molecule has 6 heteroatoms. The second kappa shape index (κ2) is 7.74. The lowest BCUT2D eigenvalue weighted by Gasteiger charge is -2.20. The van der Waals surface area contributed by atoms with Gasteiger partial charge in [0.05, 0.1) is 11.3 Å². The highest BCUT2D eigenvalue weighted by Crippen LogP contribution is 2.27. The Morgan fingerprint density at radius 2 is 1.71 bits per heavy atom. The predicted molar refractivity (Wildman–Crippen MR) is 111 cm³/mol. The van der Waals surface area contributed by atoms with E-state index in [-0.39, 0.29) is 6.04 Å². The molecule has 3 aromatic rings. The summed E-state index contributed by atoms with van der Waals surface area (Å²) in [4.78, 5) is 16.4. The average Bonchev–Trinajstić information content (AvgIpc) is 2.72. The fourth-order valence-electron chi connectivity index (χ4n) is 3.07. The van der Waals surface area contributed by atoms with Gasteiger partial charge in [-0.3, -0.25) is 9.78 Å². The first kappa shape index (κ1) is 18.1. The average molecular weight is 389 g/mol. The van der Waals surface area contributed by atoms with Gasteiger partial charge in [0.15, 0.2) is 0 Å². The van der Waals surface area contributed by atoms with Crippen LogP contribution in [0.4, 0.5) is 5.69 Å². The number of benzene rings is 2. The highest BCUT2D eigenvalue weighted by Gasteiger charge is 2.21. The largest absolute Gasteiger partial charge is 0.357 e. The third kappa shape index (κ3) is 3.85. The minimum Gasteiger partial charge on any atom is -0.357 e. The monoisotopic (exact) mass is 388 g/mol. The highest BCUT2D eigenvalue weighted by molar-refractivity contribution is 6.31. The van der Waals surface area contributed by atoms with E-state index in [2.05, 4.69) is 39.2 Å². The van der Waals surface area contributed by atoms with Crippen LogP contribution in [0.2, 0.25) is 5.02 Å². The standard InChI is InChI=1S/C22H17ClN4O/c1-14-21(26-27-22(28)19-13-18(23)6-7-20(19)25-14)12-15-2-4-16(5-3-15)17-8-10-24-11-9-17/h2-11,13,21,25H,1,12H2. The normalized spacial score (nSPS) is 16.1. The molecule has 0 saturated heterocycles. The highest BCUT2D eigenvalue weighted by atomic mass is 35.5. The Labute approximate surface area is 167 Å². The van der Waals surface area contributed by atoms with Gasteiger partial charge in [-0.25, -0.2) is 0 Å². The van der Waals surface area contributed by atoms with Gasteiger partial charge in [-0.05, 0) is 47.0 Å². The summed E-state index contributed by atoms with van der Waals surface area (Å²) in [6, 6.07) is 16.9. The van der Waals surface area contributed by atoms with Gasteiger partial charge in [0.25, 0.3) is 5.91 Å². The summed E-state index contributed by atoms with van der Waals surface area (Å²) in [5.41, 5.74) is 5.00. The molecule has 1 aliphatic heterocycles. The van der Waals surface area contributed by atoms with E-state index in [4.69, 9.17) is 11.6 Å². The smallest absolute Gasteiger partial charge is 0.297 e. The maximum absolute atomic E-state index is 12.3. The summed E-state index contributed by atoms with van der Waals surface area (Å²) < 4.78 is 0. The van der Waals surface area contributed by atoms with Crippen LogP contribution in [0.3, 0.4) is 0 Å². The number of azo groups is 1. The van der Waals surface area contributed by atoms with Crippen molar-refractivity contribution in [2.24, 2.45) is 10.2 Å². The van der Waals surface area contributed by atoms with Crippen molar-refractivity contribution in [1.82, 2.24) is 4.98 Å². The molecule has 1 aromatic heterocycles. The van der Waals surface area contributed by atoms with Crippen LogP contribution in [0.25, 0.3) is 11.1 Å². The fourth-order valence-corrected chi connectivity index (χ4v) is 3.24. The van der Waals surface area contributed by atoms with Crippen LogP contribution in [0.5, 0.6) is 0 Å². The van der Waals surface area contributed by atoms with Crippen molar-refractivity contribution in [2.45, 2.75) is 12.5 Å². The van der Waals surface area contributed by atoms with Crippen LogP contribution in [0, 0.1) is 0 Å². The summed E-state index contributed by atoms with van der Waals surface area (Å²) in [5, 5.41) is 11.8. The number of amides is 1. The molecule has 2 heterocycles. The minimum absolute atomic E-state index is 0.348. The third-order valence-corrected chi connectivity index (χ3v) is 4.83. The number of halogens is 1. The first-order chi connectivity index (χ1) is 13.6. The molecule has 1 unspecified atom stereocenters. The van der Waals surface area contributed by atoms with Gasteiger partial charge in [0.2, 0.25) is 0 Å². The zero-order valence-electron chi connectivity index (χ0n) is 15.0. The number of carbonyl (C=O) groups is 1. The molecule has 0 fully saturated rings. The number of fused-ring (bicyclic) bond motifs is 1. The van der Waals surface area contributed by atoms with Gasteiger partial charge in [-0.15, -0.1) is 5.11 Å². The van der Waals surface area contributed by atoms with E-state index in [0.717, 1.165) is 16.7 Å². The number of rotatable bonds is 3. The van der Waals surface area contributed by atoms with E-state index in [0.29, 0.717) is 28.4 Å². The van der Waals surface area contributed by atoms with E-state index < -0.39 is 5.91 Å². The number of nitrogens with zero attached hydrogens (tertiary/aromatic N) is 3. The number of hydrogen-bond acceptors (Lipinski definition) is 4. The Balaban J connectivity index is 1.54. The molecule has 5 nitrogen and oxygen atoms in total. The molecule has 0 aliphatic carbocycles. The van der Waals surface area contributed by atoms with Crippen LogP contribution in [-0.4, -0.2) is 16.9 Å². The Hall–Kier alpha value is -3.31. The van der Waals surface area contributed by atoms with Crippen molar-refractivity contribution in [2.75, 3.05) is 5.32 Å². The lowest BCUT2D eigenvalue weighted by atomic mass is 10.00. The summed E-state index contributed by atoms with van der Waals surface area (Å²) in [5.74, 6) is -0.421. The van der Waals surface area contributed by atoms with E-state index in [9.17, 15) is 4.79 Å². The van der Waals surface area contributed by atoms with Crippen molar-refractivity contribution >= 4 is 23.2 Å². The molecular formula is C22H17ClN4O. The number of hydrogen-bond donors (Lipinski definition) is 1. The van der Waals surface area contributed by atoms with Crippen LogP contribution >= 0.6 is 11.6 Å². The van der Waals surface area contributed by atoms with Crippen molar-refractivity contribution in [3.63, 3.8) is 0 Å². The fraction of sp³-hybridized carbons (Fsp3) is 0.0909. The summed E-state index contributed by atoms with van der Waals surface area (Å²) in [6.45, 7) is 4.09. The molecule has 1 atom stereocenters. The number of anilines is 1. The van der Waals surface area contributed by atoms with E-state index >= 15 is 0 Å². The Morgan fingerprint density at radius 3 is 2.46 bits per heavy atom. The van der Waals surface area contributed by atoms with E-state index in [1.165, 1.54) is 0 Å². The van der Waals surface area contributed by atoms with E-state index in [1.54, 1.807) is 30.6 Å². The molecule has 0 spiro atoms. The molecule has 1 amide bonds. The zero-order valence-corrected chi connectivity index (χ0v) is 15.7. The van der Waals surface area contributed by atoms with Crippen molar-refractivity contribution < 1.29 is 4.79 Å². The minimum atomic E-state index is -0.421. The molecule has 0 bridgehead atoms. The molecule has 138 valence electrons. The first-order valence-corrected chi connectivity index (χ1v) is 9.18. The quantitative estimate of drug-likeness (QED) is 0.640. The number of nitrogens with one attached hydrogen (secondary N) is 1. The maximum Gasteiger partial charge on any atom is 0.297 e. The van der Waals surface area contributed by atoms with E-state index in [1.807, 2.05) is 24.3 Å². The maximum atomic E-state index is 12.3. The number of aromatic nitrogens is 1. The van der Waals surface area contributed by atoms with Crippen LogP contribution in [0.15, 0.2) is 89.5 Å². The van der Waals surface area contributed by atoms with Crippen LogP contribution in [-0.2, 0) is 6.42 Å². The van der Waals surface area contributed by atoms with Gasteiger partial charge < -0.3 is 5.32 Å². The topological polar surface area (TPSA) is 66.7 Å². The second-order valence-corrected chi connectivity index (χ2v) is 6.95. The molecule has 1 N–H and O–H groups in total. The SMILES string of the molecule is C=C1Nc2ccc(Cl)cc2C(=O)N=NC1Cc1ccc(-c2ccncc2)cc1. The Kier molecular flexibility index (Phi) is 5.00. The van der Waals surface area contributed by atoms with Gasteiger partial charge in [0, 0.05) is 29.5 Å². The van der Waals surface area contributed by atoms with Gasteiger partial charge >= 0.3 is 0 Å². The molecule has 0 saturated carbocycles. The number of carbonyl (C=O) groups excluding carboxylic acids is 1. The molecule has 4 rings (SSSR count). The molecule has 0 radical (unpaired) electrons. The Bertz CT molecular complexity index is 1060. The van der Waals surface area contributed by atoms with Crippen molar-refractivity contribution in [3.05, 3.63) is 95.4 Å². The van der Waals surface area contributed by atoms with Gasteiger partial charge in [-0.1, -0.05) is 42.4 Å². The molecule has 28 heavy (non-hydrogen) atoms. The molecule has 2 aromatic carbocycles. The van der Waals surface area contributed by atoms with Crippen LogP contribution in [0.1, 0.15) is 15.9 Å². The number of pyridine rings is 1. The van der Waals surface area contributed by atoms with Crippen molar-refractivity contribution in [3.8, 4) is 11.1 Å². The second-order valence-electron chi connectivity index (χ2n) is 6.51. The molecule has 1 aliphatic rings. The zero-order chi connectivity index (χ0) is 19.5. The third-order valence-electron chi connectivity index (χ3n) is 4.59. The lowest BCUT2D eigenvalue weighted by molar-refractivity contribution is 0.0992. The Morgan fingerprint density at radius 1 is 1.00 bits per heavy atom. The van der Waals surface area contributed by atoms with Crippen molar-refractivity contribution in [1.29, 1.82) is 0 Å². The first-order valence-electron chi connectivity index (χ1n) is 8.80. The summed E-state index contributed by atoms with van der Waals surface area (Å²) >= 11 is 5.99. The van der Waals surface area contributed by atoms with Gasteiger partial charge in [-0.2, -0.15) is 5.11 Å². The van der Waals surface area contributed by atoms with Crippen LogP contribution < -0.4 is 5.32 Å². The summed E-state index contributed by atoms with van der Waals surface area (Å²) in [6.07, 6.45) is 4.13.